The van der Waals surface area contributed by atoms with Gasteiger partial charge in [-0.05, 0) is 63.1 Å². The minimum atomic E-state index is -0.370. The Bertz CT molecular complexity index is 666. The number of likely N-dealkylation sites (tertiary alicyclic amines) is 2. The topological polar surface area (TPSA) is 61.9 Å². The summed E-state index contributed by atoms with van der Waals surface area (Å²) >= 11 is 0. The number of benzene rings is 1. The van der Waals surface area contributed by atoms with Crippen molar-refractivity contribution in [1.82, 2.24) is 15.1 Å². The molecule has 30 heavy (non-hydrogen) atoms. The van der Waals surface area contributed by atoms with Gasteiger partial charge in [-0.25, -0.2) is 4.79 Å². The van der Waals surface area contributed by atoms with Crippen molar-refractivity contribution >= 4 is 12.0 Å². The highest BCUT2D eigenvalue weighted by Crippen LogP contribution is 2.23. The van der Waals surface area contributed by atoms with Gasteiger partial charge in [0.25, 0.3) is 0 Å². The number of nitrogens with one attached hydrogen (secondary N) is 1. The molecule has 166 valence electrons. The minimum absolute atomic E-state index is 0.0848. The predicted octanol–water partition coefficient (Wildman–Crippen LogP) is 3.83. The number of urea groups is 1. The normalized spacial score (nSPS) is 20.0. The molecule has 2 heterocycles. The molecule has 1 aromatic rings. The second-order valence-electron chi connectivity index (χ2n) is 8.84. The summed E-state index contributed by atoms with van der Waals surface area (Å²) in [4.78, 5) is 29.5. The van der Waals surface area contributed by atoms with E-state index in [-0.39, 0.29) is 24.5 Å². The predicted molar refractivity (Wildman–Crippen MR) is 118 cm³/mol. The van der Waals surface area contributed by atoms with Crippen LogP contribution >= 0.6 is 0 Å². The molecule has 1 N–H and O–H groups in total. The van der Waals surface area contributed by atoms with E-state index >= 15 is 0 Å². The third-order valence-corrected chi connectivity index (χ3v) is 6.47. The fraction of sp³-hybridized carbons (Fsp3) is 0.667. The zero-order valence-corrected chi connectivity index (χ0v) is 18.5. The van der Waals surface area contributed by atoms with Gasteiger partial charge in [-0.15, -0.1) is 0 Å². The summed E-state index contributed by atoms with van der Waals surface area (Å²) in [5.41, 5.74) is 0.924. The molecule has 0 saturated carbocycles. The summed E-state index contributed by atoms with van der Waals surface area (Å²) in [6, 6.07) is 9.20. The van der Waals surface area contributed by atoms with Gasteiger partial charge in [0.2, 0.25) is 0 Å². The SMILES string of the molecule is CCOC(=O)C[C@@H](NC(=O)N1CCC(CN2CCC(C)CC2)CC1)c1ccccc1. The smallest absolute Gasteiger partial charge is 0.317 e. The summed E-state index contributed by atoms with van der Waals surface area (Å²) in [7, 11) is 0. The van der Waals surface area contributed by atoms with Crippen LogP contribution in [0.3, 0.4) is 0 Å². The summed E-state index contributed by atoms with van der Waals surface area (Å²) in [6.07, 6.45) is 4.86. The van der Waals surface area contributed by atoms with Crippen LogP contribution in [0.15, 0.2) is 30.3 Å². The van der Waals surface area contributed by atoms with E-state index in [1.165, 1.54) is 25.9 Å². The molecule has 2 aliphatic heterocycles. The maximum absolute atomic E-state index is 12.9. The van der Waals surface area contributed by atoms with E-state index < -0.39 is 0 Å². The zero-order valence-electron chi connectivity index (χ0n) is 18.5. The van der Waals surface area contributed by atoms with Crippen LogP contribution in [0.25, 0.3) is 0 Å². The summed E-state index contributed by atoms with van der Waals surface area (Å²) < 4.78 is 5.11. The molecule has 0 spiro atoms. The van der Waals surface area contributed by atoms with E-state index in [2.05, 4.69) is 17.1 Å². The molecule has 1 atom stereocenters. The Labute approximate surface area is 180 Å². The first-order valence-electron chi connectivity index (χ1n) is 11.5. The van der Waals surface area contributed by atoms with Gasteiger partial charge in [0.05, 0.1) is 19.1 Å². The fourth-order valence-corrected chi connectivity index (χ4v) is 4.49. The van der Waals surface area contributed by atoms with Crippen molar-refractivity contribution in [2.45, 2.75) is 52.0 Å². The van der Waals surface area contributed by atoms with Gasteiger partial charge < -0.3 is 19.9 Å². The Hall–Kier alpha value is -2.08. The highest BCUT2D eigenvalue weighted by atomic mass is 16.5. The largest absolute Gasteiger partial charge is 0.466 e. The van der Waals surface area contributed by atoms with Gasteiger partial charge in [-0.2, -0.15) is 0 Å². The Balaban J connectivity index is 1.49. The number of nitrogens with zero attached hydrogens (tertiary/aromatic N) is 2. The van der Waals surface area contributed by atoms with E-state index in [1.54, 1.807) is 6.92 Å². The van der Waals surface area contributed by atoms with E-state index in [4.69, 9.17) is 4.74 Å². The van der Waals surface area contributed by atoms with Gasteiger partial charge in [0, 0.05) is 19.6 Å². The number of hydrogen-bond acceptors (Lipinski definition) is 4. The maximum atomic E-state index is 12.9. The number of esters is 1. The van der Waals surface area contributed by atoms with Crippen LogP contribution in [0.4, 0.5) is 4.79 Å². The molecule has 2 fully saturated rings. The van der Waals surface area contributed by atoms with E-state index in [0.29, 0.717) is 12.5 Å². The Kier molecular flexibility index (Phi) is 8.55. The van der Waals surface area contributed by atoms with Crippen LogP contribution < -0.4 is 5.32 Å². The zero-order chi connectivity index (χ0) is 21.3. The van der Waals surface area contributed by atoms with E-state index in [9.17, 15) is 9.59 Å². The minimum Gasteiger partial charge on any atom is -0.466 e. The lowest BCUT2D eigenvalue weighted by Gasteiger charge is -2.37. The lowest BCUT2D eigenvalue weighted by molar-refractivity contribution is -0.143. The quantitative estimate of drug-likeness (QED) is 0.688. The lowest BCUT2D eigenvalue weighted by atomic mass is 9.93. The molecule has 1 aromatic carbocycles. The van der Waals surface area contributed by atoms with Crippen LogP contribution in [0.5, 0.6) is 0 Å². The highest BCUT2D eigenvalue weighted by Gasteiger charge is 2.27. The Morgan fingerprint density at radius 2 is 1.73 bits per heavy atom. The second-order valence-corrected chi connectivity index (χ2v) is 8.84. The van der Waals surface area contributed by atoms with Gasteiger partial charge in [0.1, 0.15) is 0 Å². The Morgan fingerprint density at radius 1 is 1.07 bits per heavy atom. The van der Waals surface area contributed by atoms with Crippen LogP contribution in [0, 0.1) is 11.8 Å². The van der Waals surface area contributed by atoms with Crippen molar-refractivity contribution < 1.29 is 14.3 Å². The van der Waals surface area contributed by atoms with Gasteiger partial charge >= 0.3 is 12.0 Å². The molecule has 0 aliphatic carbocycles. The first kappa shape index (κ1) is 22.6. The average molecular weight is 416 g/mol. The number of carbonyl (C=O) groups is 2. The van der Waals surface area contributed by atoms with Crippen LogP contribution in [-0.2, 0) is 9.53 Å². The molecular weight excluding hydrogens is 378 g/mol. The number of rotatable bonds is 7. The van der Waals surface area contributed by atoms with Crippen molar-refractivity contribution in [3.63, 3.8) is 0 Å². The maximum Gasteiger partial charge on any atom is 0.317 e. The van der Waals surface area contributed by atoms with E-state index in [0.717, 1.165) is 44.0 Å². The Morgan fingerprint density at radius 3 is 2.37 bits per heavy atom. The average Bonchev–Trinajstić information content (AvgIpc) is 2.76. The number of ether oxygens (including phenoxy) is 1. The second kappa shape index (κ2) is 11.3. The summed E-state index contributed by atoms with van der Waals surface area (Å²) in [5, 5.41) is 3.07. The highest BCUT2D eigenvalue weighted by molar-refractivity contribution is 5.77. The third-order valence-electron chi connectivity index (χ3n) is 6.47. The number of carbonyl (C=O) groups excluding carboxylic acids is 2. The van der Waals surface area contributed by atoms with Crippen molar-refractivity contribution in [2.75, 3.05) is 39.3 Å². The van der Waals surface area contributed by atoms with Crippen LogP contribution in [-0.4, -0.2) is 61.1 Å². The molecule has 3 rings (SSSR count). The molecular formula is C24H37N3O3. The van der Waals surface area contributed by atoms with E-state index in [1.807, 2.05) is 35.2 Å². The summed E-state index contributed by atoms with van der Waals surface area (Å²) in [6.45, 7) is 9.64. The van der Waals surface area contributed by atoms with Crippen molar-refractivity contribution in [3.8, 4) is 0 Å². The van der Waals surface area contributed by atoms with Gasteiger partial charge in [-0.1, -0.05) is 37.3 Å². The summed E-state index contributed by atoms with van der Waals surface area (Å²) in [5.74, 6) is 1.24. The molecule has 2 amide bonds. The van der Waals surface area contributed by atoms with Crippen LogP contribution in [0.1, 0.15) is 57.6 Å². The monoisotopic (exact) mass is 415 g/mol. The number of piperidine rings is 2. The number of hydrogen-bond donors (Lipinski definition) is 1. The molecule has 6 heteroatoms. The molecule has 2 saturated heterocycles. The molecule has 0 radical (unpaired) electrons. The molecule has 0 unspecified atom stereocenters. The molecule has 6 nitrogen and oxygen atoms in total. The van der Waals surface area contributed by atoms with Crippen molar-refractivity contribution in [3.05, 3.63) is 35.9 Å². The first-order chi connectivity index (χ1) is 14.5. The van der Waals surface area contributed by atoms with Gasteiger partial charge in [-0.3, -0.25) is 4.79 Å². The molecule has 0 bridgehead atoms. The molecule has 0 aromatic heterocycles. The van der Waals surface area contributed by atoms with Crippen LogP contribution in [0.2, 0.25) is 0 Å². The number of amides is 2. The van der Waals surface area contributed by atoms with Gasteiger partial charge in [0.15, 0.2) is 0 Å². The lowest BCUT2D eigenvalue weighted by Crippen LogP contribution is -2.47. The standard InChI is InChI=1S/C24H37N3O3/c1-3-30-23(28)17-22(21-7-5-4-6-8-21)25-24(29)27-15-11-20(12-16-27)18-26-13-9-19(2)10-14-26/h4-8,19-20,22H,3,9-18H2,1-2H3,(H,25,29)/t22-/m1/s1. The fourth-order valence-electron chi connectivity index (χ4n) is 4.49. The molecule has 2 aliphatic rings. The first-order valence-corrected chi connectivity index (χ1v) is 11.5. The van der Waals surface area contributed by atoms with Crippen molar-refractivity contribution in [1.29, 1.82) is 0 Å². The van der Waals surface area contributed by atoms with Crippen molar-refractivity contribution in [2.24, 2.45) is 11.8 Å². The third kappa shape index (κ3) is 6.73.